The van der Waals surface area contributed by atoms with Crippen molar-refractivity contribution in [2.75, 3.05) is 14.2 Å². The number of nitrogens with one attached hydrogen (secondary N) is 1. The molecule has 0 aliphatic carbocycles. The van der Waals surface area contributed by atoms with Crippen LogP contribution in [-0.2, 0) is 16.0 Å². The second-order valence-corrected chi connectivity index (χ2v) is 6.12. The first kappa shape index (κ1) is 18.8. The van der Waals surface area contributed by atoms with Crippen LogP contribution in [-0.4, -0.2) is 38.2 Å². The molecule has 0 aromatic heterocycles. The van der Waals surface area contributed by atoms with E-state index >= 15 is 0 Å². The van der Waals surface area contributed by atoms with Crippen molar-refractivity contribution in [3.63, 3.8) is 0 Å². The van der Waals surface area contributed by atoms with Crippen molar-refractivity contribution in [1.82, 2.24) is 5.32 Å². The van der Waals surface area contributed by atoms with Gasteiger partial charge in [-0.2, -0.15) is 0 Å². The van der Waals surface area contributed by atoms with Crippen LogP contribution in [0.3, 0.4) is 0 Å². The minimum Gasteiger partial charge on any atom is -0.493 e. The van der Waals surface area contributed by atoms with Crippen molar-refractivity contribution in [3.05, 3.63) is 23.8 Å². The fraction of sp³-hybridized carbons (Fsp3) is 0.529. The third kappa shape index (κ3) is 6.59. The Morgan fingerprint density at radius 1 is 1.22 bits per heavy atom. The molecule has 0 saturated heterocycles. The summed E-state index contributed by atoms with van der Waals surface area (Å²) in [6, 6.07) is 4.97. The van der Waals surface area contributed by atoms with Gasteiger partial charge in [-0.15, -0.1) is 0 Å². The number of aryl methyl sites for hydroxylation is 1. The monoisotopic (exact) mass is 323 g/mol. The van der Waals surface area contributed by atoms with Gasteiger partial charge in [-0.25, -0.2) is 4.79 Å². The normalized spacial score (nSPS) is 12.2. The lowest BCUT2D eigenvalue weighted by atomic mass is 10.1. The number of carbonyl (C=O) groups excluding carboxylic acids is 2. The van der Waals surface area contributed by atoms with Crippen molar-refractivity contribution >= 4 is 12.4 Å². The van der Waals surface area contributed by atoms with Gasteiger partial charge in [-0.3, -0.25) is 0 Å². The average Bonchev–Trinajstić information content (AvgIpc) is 2.49. The van der Waals surface area contributed by atoms with E-state index in [9.17, 15) is 9.59 Å². The Labute approximate surface area is 137 Å². The second-order valence-electron chi connectivity index (χ2n) is 6.12. The Morgan fingerprint density at radius 3 is 2.39 bits per heavy atom. The first-order chi connectivity index (χ1) is 10.8. The van der Waals surface area contributed by atoms with Crippen LogP contribution in [0, 0.1) is 0 Å². The van der Waals surface area contributed by atoms with E-state index in [1.54, 1.807) is 35.0 Å². The molecule has 0 heterocycles. The molecular weight excluding hydrogens is 298 g/mol. The zero-order valence-corrected chi connectivity index (χ0v) is 14.3. The summed E-state index contributed by atoms with van der Waals surface area (Å²) in [6.07, 6.45) is 1.20. The Hall–Kier alpha value is -2.24. The molecule has 6 nitrogen and oxygen atoms in total. The minimum absolute atomic E-state index is 0.470. The molecule has 1 aromatic carbocycles. The third-order valence-electron chi connectivity index (χ3n) is 3.06. The predicted molar refractivity (Wildman–Crippen MR) is 87.1 cm³/mol. The van der Waals surface area contributed by atoms with Gasteiger partial charge in [0, 0.05) is 0 Å². The fourth-order valence-corrected chi connectivity index (χ4v) is 1.99. The van der Waals surface area contributed by atoms with Crippen LogP contribution in [0.2, 0.25) is 0 Å². The molecule has 0 radical (unpaired) electrons. The highest BCUT2D eigenvalue weighted by molar-refractivity contribution is 5.73. The largest absolute Gasteiger partial charge is 0.493 e. The molecule has 1 N–H and O–H groups in total. The van der Waals surface area contributed by atoms with Gasteiger partial charge in [0.05, 0.1) is 20.3 Å². The number of alkyl carbamates (subject to hydrolysis) is 1. The molecule has 1 aromatic rings. The molecule has 1 rings (SSSR count). The minimum atomic E-state index is -0.599. The van der Waals surface area contributed by atoms with E-state index in [0.717, 1.165) is 5.56 Å². The predicted octanol–water partition coefficient (Wildman–Crippen LogP) is 2.73. The van der Waals surface area contributed by atoms with Crippen LogP contribution in [0.5, 0.6) is 11.5 Å². The number of hydrogen-bond donors (Lipinski definition) is 1. The molecular formula is C17H25NO5. The van der Waals surface area contributed by atoms with E-state index in [1.165, 1.54) is 0 Å². The van der Waals surface area contributed by atoms with Gasteiger partial charge in [0.1, 0.15) is 11.9 Å². The highest BCUT2D eigenvalue weighted by atomic mass is 16.6. The number of rotatable bonds is 7. The van der Waals surface area contributed by atoms with Crippen LogP contribution in [0.25, 0.3) is 0 Å². The molecule has 0 spiro atoms. The van der Waals surface area contributed by atoms with Crippen LogP contribution < -0.4 is 14.8 Å². The van der Waals surface area contributed by atoms with Crippen molar-refractivity contribution in [1.29, 1.82) is 0 Å². The molecule has 23 heavy (non-hydrogen) atoms. The molecule has 0 bridgehead atoms. The molecule has 6 heteroatoms. The van der Waals surface area contributed by atoms with Crippen LogP contribution in [0.1, 0.15) is 32.8 Å². The van der Waals surface area contributed by atoms with Crippen LogP contribution in [0.4, 0.5) is 4.79 Å². The highest BCUT2D eigenvalue weighted by Crippen LogP contribution is 2.28. The zero-order valence-electron chi connectivity index (χ0n) is 14.3. The summed E-state index contributed by atoms with van der Waals surface area (Å²) in [5.74, 6) is 1.28. The molecule has 1 amide bonds. The quantitative estimate of drug-likeness (QED) is 0.781. The van der Waals surface area contributed by atoms with Gasteiger partial charge < -0.3 is 24.3 Å². The number of benzene rings is 1. The SMILES string of the molecule is COc1ccc(CC[C@@H](C=O)NC(=O)OC(C)(C)C)cc1OC. The maximum absolute atomic E-state index is 11.7. The Morgan fingerprint density at radius 2 is 1.87 bits per heavy atom. The topological polar surface area (TPSA) is 73.9 Å². The Kier molecular flexibility index (Phi) is 6.88. The van der Waals surface area contributed by atoms with Gasteiger partial charge in [-0.1, -0.05) is 6.07 Å². The third-order valence-corrected chi connectivity index (χ3v) is 3.06. The summed E-state index contributed by atoms with van der Waals surface area (Å²) in [5.41, 5.74) is 0.390. The average molecular weight is 323 g/mol. The number of ether oxygens (including phenoxy) is 3. The Balaban J connectivity index is 2.61. The van der Waals surface area contributed by atoms with E-state index < -0.39 is 17.7 Å². The standard InChI is InChI=1S/C17H25NO5/c1-17(2,3)23-16(20)18-13(11-19)8-6-12-7-9-14(21-4)15(10-12)22-5/h7,9-11,13H,6,8H2,1-5H3,(H,18,20)/t13-/m0/s1. The van der Waals surface area contributed by atoms with Gasteiger partial charge in [0.2, 0.25) is 0 Å². The van der Waals surface area contributed by atoms with E-state index in [0.29, 0.717) is 30.6 Å². The number of amides is 1. The lowest BCUT2D eigenvalue weighted by Crippen LogP contribution is -2.40. The van der Waals surface area contributed by atoms with Crippen molar-refractivity contribution in [3.8, 4) is 11.5 Å². The van der Waals surface area contributed by atoms with Gasteiger partial charge in [0.25, 0.3) is 0 Å². The maximum Gasteiger partial charge on any atom is 0.408 e. The van der Waals surface area contributed by atoms with Crippen LogP contribution in [0.15, 0.2) is 18.2 Å². The van der Waals surface area contributed by atoms with E-state index in [4.69, 9.17) is 14.2 Å². The number of carbonyl (C=O) groups is 2. The van der Waals surface area contributed by atoms with E-state index in [1.807, 2.05) is 18.2 Å². The van der Waals surface area contributed by atoms with Crippen molar-refractivity contribution < 1.29 is 23.8 Å². The van der Waals surface area contributed by atoms with Crippen molar-refractivity contribution in [2.24, 2.45) is 0 Å². The van der Waals surface area contributed by atoms with E-state index in [2.05, 4.69) is 5.32 Å². The Bertz CT molecular complexity index is 536. The van der Waals surface area contributed by atoms with Gasteiger partial charge in [0.15, 0.2) is 11.5 Å². The van der Waals surface area contributed by atoms with Crippen molar-refractivity contribution in [2.45, 2.75) is 45.3 Å². The summed E-state index contributed by atoms with van der Waals surface area (Å²) in [7, 11) is 3.14. The molecule has 0 aliphatic rings. The number of hydrogen-bond acceptors (Lipinski definition) is 5. The summed E-state index contributed by atoms with van der Waals surface area (Å²) < 4.78 is 15.6. The zero-order chi connectivity index (χ0) is 17.5. The fourth-order valence-electron chi connectivity index (χ4n) is 1.99. The molecule has 0 unspecified atom stereocenters. The van der Waals surface area contributed by atoms with Crippen LogP contribution >= 0.6 is 0 Å². The van der Waals surface area contributed by atoms with Gasteiger partial charge >= 0.3 is 6.09 Å². The first-order valence-corrected chi connectivity index (χ1v) is 7.44. The highest BCUT2D eigenvalue weighted by Gasteiger charge is 2.19. The maximum atomic E-state index is 11.7. The summed E-state index contributed by atoms with van der Waals surface area (Å²) in [6.45, 7) is 5.31. The lowest BCUT2D eigenvalue weighted by Gasteiger charge is -2.21. The molecule has 0 saturated carbocycles. The van der Waals surface area contributed by atoms with Gasteiger partial charge in [-0.05, 0) is 51.3 Å². The summed E-state index contributed by atoms with van der Waals surface area (Å²) >= 11 is 0. The molecule has 0 fully saturated rings. The van der Waals surface area contributed by atoms with E-state index in [-0.39, 0.29) is 0 Å². The lowest BCUT2D eigenvalue weighted by molar-refractivity contribution is -0.109. The molecule has 0 aliphatic heterocycles. The second kappa shape index (κ2) is 8.41. The summed E-state index contributed by atoms with van der Waals surface area (Å²) in [5, 5.41) is 2.56. The molecule has 128 valence electrons. The smallest absolute Gasteiger partial charge is 0.408 e. The first-order valence-electron chi connectivity index (χ1n) is 7.44. The number of aldehydes is 1. The molecule has 1 atom stereocenters. The summed E-state index contributed by atoms with van der Waals surface area (Å²) in [4.78, 5) is 22.8. The number of methoxy groups -OCH3 is 2.